The fourth-order valence-electron chi connectivity index (χ4n) is 2.26. The number of halogens is 2. The SMILES string of the molecule is C[C@@H](NC(=O)CSc1nnc(-c2ccccc2F)o1)c1ccc(Cl)cc1. The van der Waals surface area contributed by atoms with Crippen molar-refractivity contribution in [3.05, 3.63) is 64.9 Å². The summed E-state index contributed by atoms with van der Waals surface area (Å²) < 4.78 is 19.1. The van der Waals surface area contributed by atoms with Crippen molar-refractivity contribution in [1.82, 2.24) is 15.5 Å². The number of benzene rings is 2. The Morgan fingerprint density at radius 1 is 1.23 bits per heavy atom. The highest BCUT2D eigenvalue weighted by Crippen LogP contribution is 2.25. The predicted molar refractivity (Wildman–Crippen MR) is 98.4 cm³/mol. The molecule has 0 saturated heterocycles. The van der Waals surface area contributed by atoms with Gasteiger partial charge in [-0.2, -0.15) is 0 Å². The number of hydrogen-bond donors (Lipinski definition) is 1. The first-order chi connectivity index (χ1) is 12.5. The van der Waals surface area contributed by atoms with Gasteiger partial charge in [-0.15, -0.1) is 10.2 Å². The Kier molecular flexibility index (Phi) is 5.90. The second-order valence-electron chi connectivity index (χ2n) is 5.48. The smallest absolute Gasteiger partial charge is 0.277 e. The molecular formula is C18H15ClFN3O2S. The molecule has 3 aromatic rings. The fourth-order valence-corrected chi connectivity index (χ4v) is 2.96. The van der Waals surface area contributed by atoms with Gasteiger partial charge in [-0.25, -0.2) is 4.39 Å². The first-order valence-corrected chi connectivity index (χ1v) is 9.15. The molecule has 0 unspecified atom stereocenters. The van der Waals surface area contributed by atoms with Crippen LogP contribution in [0.4, 0.5) is 4.39 Å². The Morgan fingerprint density at radius 2 is 1.96 bits per heavy atom. The van der Waals surface area contributed by atoms with Gasteiger partial charge in [0.15, 0.2) is 0 Å². The van der Waals surface area contributed by atoms with Crippen molar-refractivity contribution < 1.29 is 13.6 Å². The van der Waals surface area contributed by atoms with E-state index < -0.39 is 5.82 Å². The van der Waals surface area contributed by atoms with Gasteiger partial charge < -0.3 is 9.73 Å². The minimum absolute atomic E-state index is 0.0838. The van der Waals surface area contributed by atoms with E-state index in [-0.39, 0.29) is 34.4 Å². The third-order valence-corrected chi connectivity index (χ3v) is 4.66. The predicted octanol–water partition coefficient (Wildman–Crippen LogP) is 4.50. The summed E-state index contributed by atoms with van der Waals surface area (Å²) in [7, 11) is 0. The Morgan fingerprint density at radius 3 is 2.69 bits per heavy atom. The van der Waals surface area contributed by atoms with Gasteiger partial charge in [0.1, 0.15) is 5.82 Å². The second kappa shape index (κ2) is 8.33. The summed E-state index contributed by atoms with van der Waals surface area (Å²) in [6.07, 6.45) is 0. The van der Waals surface area contributed by atoms with Gasteiger partial charge in [0.05, 0.1) is 17.4 Å². The van der Waals surface area contributed by atoms with Gasteiger partial charge in [-0.3, -0.25) is 4.79 Å². The first kappa shape index (κ1) is 18.4. The van der Waals surface area contributed by atoms with Crippen LogP contribution in [0.1, 0.15) is 18.5 Å². The highest BCUT2D eigenvalue weighted by atomic mass is 35.5. The number of carbonyl (C=O) groups excluding carboxylic acids is 1. The topological polar surface area (TPSA) is 68.0 Å². The van der Waals surface area contributed by atoms with Crippen molar-refractivity contribution in [2.24, 2.45) is 0 Å². The Balaban J connectivity index is 1.55. The molecule has 3 rings (SSSR count). The zero-order valence-electron chi connectivity index (χ0n) is 13.8. The monoisotopic (exact) mass is 391 g/mol. The molecule has 1 heterocycles. The Hall–Kier alpha value is -2.38. The highest BCUT2D eigenvalue weighted by Gasteiger charge is 2.15. The van der Waals surface area contributed by atoms with E-state index in [0.29, 0.717) is 5.02 Å². The van der Waals surface area contributed by atoms with Crippen LogP contribution in [0.25, 0.3) is 11.5 Å². The number of carbonyl (C=O) groups is 1. The fraction of sp³-hybridized carbons (Fsp3) is 0.167. The minimum Gasteiger partial charge on any atom is -0.411 e. The zero-order chi connectivity index (χ0) is 18.5. The van der Waals surface area contributed by atoms with Crippen molar-refractivity contribution >= 4 is 29.3 Å². The van der Waals surface area contributed by atoms with Crippen LogP contribution in [0, 0.1) is 5.82 Å². The molecule has 134 valence electrons. The van der Waals surface area contributed by atoms with Crippen LogP contribution in [-0.4, -0.2) is 21.9 Å². The standard InChI is InChI=1S/C18H15ClFN3O2S/c1-11(12-6-8-13(19)9-7-12)21-16(24)10-26-18-23-22-17(25-18)14-4-2-3-5-15(14)20/h2-9,11H,10H2,1H3,(H,21,24)/t11-/m1/s1. The van der Waals surface area contributed by atoms with E-state index in [0.717, 1.165) is 17.3 Å². The molecule has 0 bridgehead atoms. The molecule has 0 saturated carbocycles. The van der Waals surface area contributed by atoms with Crippen LogP contribution in [0.2, 0.25) is 5.02 Å². The molecule has 8 heteroatoms. The van der Waals surface area contributed by atoms with Crippen molar-refractivity contribution in [2.45, 2.75) is 18.2 Å². The van der Waals surface area contributed by atoms with Gasteiger partial charge >= 0.3 is 0 Å². The average molecular weight is 392 g/mol. The Labute approximate surface area is 159 Å². The molecule has 1 aromatic heterocycles. The van der Waals surface area contributed by atoms with Crippen molar-refractivity contribution in [3.8, 4) is 11.5 Å². The summed E-state index contributed by atoms with van der Waals surface area (Å²) >= 11 is 6.95. The van der Waals surface area contributed by atoms with Gasteiger partial charge in [-0.1, -0.05) is 47.6 Å². The lowest BCUT2D eigenvalue weighted by molar-refractivity contribution is -0.119. The maximum absolute atomic E-state index is 13.7. The first-order valence-electron chi connectivity index (χ1n) is 7.79. The maximum Gasteiger partial charge on any atom is 0.277 e. The van der Waals surface area contributed by atoms with E-state index >= 15 is 0 Å². The number of hydrogen-bond acceptors (Lipinski definition) is 5. The average Bonchev–Trinajstić information content (AvgIpc) is 3.09. The number of rotatable bonds is 6. The number of nitrogens with one attached hydrogen (secondary N) is 1. The largest absolute Gasteiger partial charge is 0.411 e. The molecule has 0 fully saturated rings. The van der Waals surface area contributed by atoms with Gasteiger partial charge in [0, 0.05) is 5.02 Å². The molecule has 1 atom stereocenters. The molecule has 0 radical (unpaired) electrons. The van der Waals surface area contributed by atoms with Crippen LogP contribution in [-0.2, 0) is 4.79 Å². The van der Waals surface area contributed by atoms with E-state index in [1.54, 1.807) is 30.3 Å². The normalized spacial score (nSPS) is 12.0. The molecular weight excluding hydrogens is 377 g/mol. The van der Waals surface area contributed by atoms with Gasteiger partial charge in [0.25, 0.3) is 11.1 Å². The van der Waals surface area contributed by atoms with Crippen LogP contribution in [0.3, 0.4) is 0 Å². The van der Waals surface area contributed by atoms with Crippen LogP contribution in [0.15, 0.2) is 58.2 Å². The van der Waals surface area contributed by atoms with Crippen LogP contribution >= 0.6 is 23.4 Å². The van der Waals surface area contributed by atoms with E-state index in [4.69, 9.17) is 16.0 Å². The summed E-state index contributed by atoms with van der Waals surface area (Å²) in [4.78, 5) is 12.1. The Bertz CT molecular complexity index is 901. The number of thioether (sulfide) groups is 1. The van der Waals surface area contributed by atoms with Gasteiger partial charge in [0.2, 0.25) is 5.91 Å². The summed E-state index contributed by atoms with van der Waals surface area (Å²) in [5, 5.41) is 11.4. The third kappa shape index (κ3) is 4.62. The lowest BCUT2D eigenvalue weighted by Gasteiger charge is -2.13. The molecule has 2 aromatic carbocycles. The molecule has 1 N–H and O–H groups in total. The highest BCUT2D eigenvalue weighted by molar-refractivity contribution is 7.99. The summed E-state index contributed by atoms with van der Waals surface area (Å²) in [6.45, 7) is 1.88. The van der Waals surface area contributed by atoms with Crippen molar-refractivity contribution in [3.63, 3.8) is 0 Å². The number of aromatic nitrogens is 2. The minimum atomic E-state index is -0.442. The lowest BCUT2D eigenvalue weighted by Crippen LogP contribution is -2.28. The summed E-state index contributed by atoms with van der Waals surface area (Å²) in [5.74, 6) is -0.428. The van der Waals surface area contributed by atoms with E-state index in [1.165, 1.54) is 6.07 Å². The number of amides is 1. The van der Waals surface area contributed by atoms with Crippen molar-refractivity contribution in [1.29, 1.82) is 0 Å². The maximum atomic E-state index is 13.7. The molecule has 0 aliphatic carbocycles. The van der Waals surface area contributed by atoms with E-state index in [2.05, 4.69) is 15.5 Å². The summed E-state index contributed by atoms with van der Waals surface area (Å²) in [6, 6.07) is 13.2. The number of nitrogens with zero attached hydrogens (tertiary/aromatic N) is 2. The molecule has 0 spiro atoms. The van der Waals surface area contributed by atoms with E-state index in [1.807, 2.05) is 19.1 Å². The van der Waals surface area contributed by atoms with E-state index in [9.17, 15) is 9.18 Å². The van der Waals surface area contributed by atoms with Crippen LogP contribution < -0.4 is 5.32 Å². The zero-order valence-corrected chi connectivity index (χ0v) is 15.4. The molecule has 26 heavy (non-hydrogen) atoms. The molecule has 1 amide bonds. The quantitative estimate of drug-likeness (QED) is 0.626. The third-order valence-electron chi connectivity index (χ3n) is 3.58. The lowest BCUT2D eigenvalue weighted by atomic mass is 10.1. The molecule has 0 aliphatic heterocycles. The molecule has 5 nitrogen and oxygen atoms in total. The van der Waals surface area contributed by atoms with Crippen LogP contribution in [0.5, 0.6) is 0 Å². The summed E-state index contributed by atoms with van der Waals surface area (Å²) in [5.41, 5.74) is 1.18. The van der Waals surface area contributed by atoms with Crippen molar-refractivity contribution in [2.75, 3.05) is 5.75 Å². The second-order valence-corrected chi connectivity index (χ2v) is 6.85. The van der Waals surface area contributed by atoms with Gasteiger partial charge in [-0.05, 0) is 36.8 Å². The molecule has 0 aliphatic rings.